The van der Waals surface area contributed by atoms with Crippen molar-refractivity contribution in [3.05, 3.63) is 0 Å². The minimum absolute atomic E-state index is 0. The molecular formula is C4H9KO2. The molecule has 0 aliphatic carbocycles. The van der Waals surface area contributed by atoms with E-state index in [2.05, 4.69) is 4.89 Å². The van der Waals surface area contributed by atoms with Gasteiger partial charge < -0.3 is 10.1 Å². The average Bonchev–Trinajstić information content (AvgIpc) is 1.35. The molecule has 0 aromatic rings. The molecule has 0 aliphatic heterocycles. The van der Waals surface area contributed by atoms with E-state index in [-0.39, 0.29) is 51.4 Å². The van der Waals surface area contributed by atoms with Gasteiger partial charge in [0.25, 0.3) is 0 Å². The van der Waals surface area contributed by atoms with Crippen LogP contribution in [0.15, 0.2) is 0 Å². The molecule has 0 fully saturated rings. The van der Waals surface area contributed by atoms with Crippen molar-refractivity contribution >= 4 is 0 Å². The number of rotatable bonds is 0. The first-order valence-electron chi connectivity index (χ1n) is 1.87. The molecule has 0 saturated heterocycles. The molecule has 0 heterocycles. The van der Waals surface area contributed by atoms with Gasteiger partial charge in [-0.2, -0.15) is 0 Å². The summed E-state index contributed by atoms with van der Waals surface area (Å²) in [7, 11) is 0. The van der Waals surface area contributed by atoms with Gasteiger partial charge in [-0.05, 0) is 20.8 Å². The fourth-order valence-electron chi connectivity index (χ4n) is 0. The van der Waals surface area contributed by atoms with Gasteiger partial charge in [0.15, 0.2) is 0 Å². The molecule has 2 nitrogen and oxygen atoms in total. The van der Waals surface area contributed by atoms with E-state index >= 15 is 0 Å². The maximum atomic E-state index is 9.45. The molecule has 38 valence electrons. The van der Waals surface area contributed by atoms with Gasteiger partial charge in [0.05, 0.1) is 0 Å². The average molecular weight is 128 g/mol. The van der Waals surface area contributed by atoms with Crippen LogP contribution in [0.1, 0.15) is 20.8 Å². The van der Waals surface area contributed by atoms with Crippen LogP contribution in [0.5, 0.6) is 0 Å². The van der Waals surface area contributed by atoms with E-state index in [0.29, 0.717) is 0 Å². The zero-order valence-corrected chi connectivity index (χ0v) is 8.44. The molecule has 0 aliphatic rings. The standard InChI is InChI=1S/C4H10O2.K/c1-4(2,3)6-5;/h5H,1-3H3;/q;+1/p-1. The minimum atomic E-state index is -0.514. The molecule has 0 rings (SSSR count). The third kappa shape index (κ3) is 11.2. The molecule has 3 heteroatoms. The Morgan fingerprint density at radius 1 is 1.29 bits per heavy atom. The summed E-state index contributed by atoms with van der Waals surface area (Å²) in [6.45, 7) is 5.12. The molecule has 0 saturated carbocycles. The van der Waals surface area contributed by atoms with Crippen LogP contribution in [-0.4, -0.2) is 5.60 Å². The van der Waals surface area contributed by atoms with E-state index < -0.39 is 5.60 Å². The SMILES string of the molecule is CC(C)(C)O[O-].[K+]. The van der Waals surface area contributed by atoms with Crippen molar-refractivity contribution in [3.8, 4) is 0 Å². The molecule has 0 spiro atoms. The monoisotopic (exact) mass is 128 g/mol. The second-order valence-electron chi connectivity index (χ2n) is 2.20. The fraction of sp³-hybridized carbons (Fsp3) is 1.00. The fourth-order valence-corrected chi connectivity index (χ4v) is 0. The van der Waals surface area contributed by atoms with Crippen molar-refractivity contribution in [1.29, 1.82) is 0 Å². The molecule has 0 bridgehead atoms. The van der Waals surface area contributed by atoms with Gasteiger partial charge in [-0.15, -0.1) is 0 Å². The van der Waals surface area contributed by atoms with Crippen molar-refractivity contribution in [2.24, 2.45) is 0 Å². The van der Waals surface area contributed by atoms with Crippen LogP contribution >= 0.6 is 0 Å². The van der Waals surface area contributed by atoms with Crippen LogP contribution in [0.2, 0.25) is 0 Å². The van der Waals surface area contributed by atoms with Gasteiger partial charge in [0.1, 0.15) is 0 Å². The predicted molar refractivity (Wildman–Crippen MR) is 20.8 cm³/mol. The maximum Gasteiger partial charge on any atom is 1.00 e. The van der Waals surface area contributed by atoms with Gasteiger partial charge in [-0.25, -0.2) is 0 Å². The Balaban J connectivity index is 0. The Labute approximate surface area is 86.6 Å². The van der Waals surface area contributed by atoms with Gasteiger partial charge in [-0.3, -0.25) is 0 Å². The van der Waals surface area contributed by atoms with Crippen molar-refractivity contribution in [3.63, 3.8) is 0 Å². The molecule has 0 atom stereocenters. The van der Waals surface area contributed by atoms with Crippen LogP contribution in [0, 0.1) is 0 Å². The Hall–Kier alpha value is 1.56. The summed E-state index contributed by atoms with van der Waals surface area (Å²) in [6.07, 6.45) is 0. The van der Waals surface area contributed by atoms with E-state index in [1.54, 1.807) is 20.8 Å². The first-order chi connectivity index (χ1) is 2.56. The van der Waals surface area contributed by atoms with Gasteiger partial charge >= 0.3 is 51.4 Å². The van der Waals surface area contributed by atoms with E-state index in [9.17, 15) is 5.26 Å². The van der Waals surface area contributed by atoms with Gasteiger partial charge in [0, 0.05) is 5.60 Å². The first-order valence-corrected chi connectivity index (χ1v) is 1.87. The molecule has 0 aromatic heterocycles. The van der Waals surface area contributed by atoms with Crippen LogP contribution in [-0.2, 0) is 4.89 Å². The van der Waals surface area contributed by atoms with Crippen LogP contribution in [0.25, 0.3) is 0 Å². The Bertz CT molecular complexity index is 39.4. The molecule has 0 N–H and O–H groups in total. The van der Waals surface area contributed by atoms with E-state index in [1.807, 2.05) is 0 Å². The second-order valence-corrected chi connectivity index (χ2v) is 2.20. The molecule has 0 radical (unpaired) electrons. The van der Waals surface area contributed by atoms with Crippen LogP contribution in [0.3, 0.4) is 0 Å². The van der Waals surface area contributed by atoms with Crippen molar-refractivity contribution in [1.82, 2.24) is 0 Å². The smallest absolute Gasteiger partial charge is 0.723 e. The zero-order chi connectivity index (χ0) is 5.21. The summed E-state index contributed by atoms with van der Waals surface area (Å²) < 4.78 is 0. The summed E-state index contributed by atoms with van der Waals surface area (Å²) in [5.74, 6) is 0. The Kier molecular flexibility index (Phi) is 7.20. The Morgan fingerprint density at radius 3 is 1.43 bits per heavy atom. The van der Waals surface area contributed by atoms with Crippen molar-refractivity contribution in [2.45, 2.75) is 26.4 Å². The molecule has 0 amide bonds. The summed E-state index contributed by atoms with van der Waals surface area (Å²) in [6, 6.07) is 0. The van der Waals surface area contributed by atoms with E-state index in [0.717, 1.165) is 0 Å². The van der Waals surface area contributed by atoms with Crippen molar-refractivity contribution in [2.75, 3.05) is 0 Å². The topological polar surface area (TPSA) is 32.3 Å². The zero-order valence-electron chi connectivity index (χ0n) is 5.32. The maximum absolute atomic E-state index is 9.45. The molecule has 0 aromatic carbocycles. The summed E-state index contributed by atoms with van der Waals surface area (Å²) >= 11 is 0. The number of hydrogen-bond donors (Lipinski definition) is 0. The predicted octanol–water partition coefficient (Wildman–Crippen LogP) is -2.92. The van der Waals surface area contributed by atoms with Gasteiger partial charge in [-0.1, -0.05) is 0 Å². The molecule has 0 unspecified atom stereocenters. The van der Waals surface area contributed by atoms with Gasteiger partial charge in [0.2, 0.25) is 0 Å². The Morgan fingerprint density at radius 2 is 1.43 bits per heavy atom. The quantitative estimate of drug-likeness (QED) is 0.199. The third-order valence-corrected chi connectivity index (χ3v) is 0.250. The number of hydrogen-bond acceptors (Lipinski definition) is 2. The van der Waals surface area contributed by atoms with Crippen LogP contribution in [0.4, 0.5) is 0 Å². The summed E-state index contributed by atoms with van der Waals surface area (Å²) in [5, 5.41) is 9.45. The summed E-state index contributed by atoms with van der Waals surface area (Å²) in [5.41, 5.74) is -0.514. The van der Waals surface area contributed by atoms with Crippen molar-refractivity contribution < 1.29 is 61.5 Å². The molecular weight excluding hydrogens is 119 g/mol. The van der Waals surface area contributed by atoms with E-state index in [4.69, 9.17) is 0 Å². The minimum Gasteiger partial charge on any atom is -0.723 e. The largest absolute Gasteiger partial charge is 1.00 e. The van der Waals surface area contributed by atoms with E-state index in [1.165, 1.54) is 0 Å². The first kappa shape index (κ1) is 11.4. The molecule has 7 heavy (non-hydrogen) atoms. The van der Waals surface area contributed by atoms with Crippen LogP contribution < -0.4 is 56.6 Å². The normalized spacial score (nSPS) is 10.3. The third-order valence-electron chi connectivity index (χ3n) is 0.250. The summed E-state index contributed by atoms with van der Waals surface area (Å²) in [4.78, 5) is 3.69. The second kappa shape index (κ2) is 4.44.